The fourth-order valence-electron chi connectivity index (χ4n) is 0.430. The second-order valence-corrected chi connectivity index (χ2v) is 7.14. The normalized spacial score (nSPS) is 20.3. The summed E-state index contributed by atoms with van der Waals surface area (Å²) in [6.07, 6.45) is 3.20. The zero-order valence-electron chi connectivity index (χ0n) is 4.35. The third kappa shape index (κ3) is 4.12. The van der Waals surface area contributed by atoms with E-state index in [2.05, 4.69) is 27.7 Å². The Balaban J connectivity index is 0. The molecular formula is C4H6N2Na2S3. The van der Waals surface area contributed by atoms with Gasteiger partial charge in [-0.15, -0.1) is 0 Å². The summed E-state index contributed by atoms with van der Waals surface area (Å²) in [5.74, 6) is 0. The van der Waals surface area contributed by atoms with Crippen molar-refractivity contribution < 1.29 is 0 Å². The van der Waals surface area contributed by atoms with E-state index in [1.54, 1.807) is 12.3 Å². The summed E-state index contributed by atoms with van der Waals surface area (Å²) >= 11 is 8.17. The number of thiol groups is 2. The van der Waals surface area contributed by atoms with E-state index in [-0.39, 0.29) is 59.1 Å². The topological polar surface area (TPSA) is 36.1 Å². The van der Waals surface area contributed by atoms with Crippen molar-refractivity contribution in [1.29, 1.82) is 5.26 Å². The fourth-order valence-corrected chi connectivity index (χ4v) is 2.08. The van der Waals surface area contributed by atoms with Crippen LogP contribution < -0.4 is 0 Å². The van der Waals surface area contributed by atoms with Crippen molar-refractivity contribution in [1.82, 2.24) is 0 Å². The molecule has 0 spiro atoms. The fraction of sp³-hybridized carbons (Fsp3) is 0. The predicted molar refractivity (Wildman–Crippen MR) is 62.0 cm³/mol. The summed E-state index contributed by atoms with van der Waals surface area (Å²) in [5.41, 5.74) is 0. The average Bonchev–Trinajstić information content (AvgIpc) is 2.08. The van der Waals surface area contributed by atoms with E-state index in [1.165, 1.54) is 0 Å². The molecule has 0 atom stereocenters. The summed E-state index contributed by atoms with van der Waals surface area (Å²) in [4.78, 5) is 0.550. The minimum atomic E-state index is -1.68. The van der Waals surface area contributed by atoms with Crippen molar-refractivity contribution in [2.75, 3.05) is 0 Å². The van der Waals surface area contributed by atoms with Crippen molar-refractivity contribution in [2.45, 2.75) is 0 Å². The Hall–Kier alpha value is 1.95. The molecule has 0 aromatic carbocycles. The van der Waals surface area contributed by atoms with E-state index in [9.17, 15) is 0 Å². The maximum atomic E-state index is 8.43. The number of nitriles is 1. The Morgan fingerprint density at radius 2 is 2.00 bits per heavy atom. The molecule has 0 aliphatic carbocycles. The quantitative estimate of drug-likeness (QED) is 0.353. The van der Waals surface area contributed by atoms with Crippen LogP contribution in [-0.4, -0.2) is 65.3 Å². The van der Waals surface area contributed by atoms with Crippen LogP contribution >= 0.6 is 31.6 Å². The molecule has 1 rings (SSSR count). The molecule has 0 saturated heterocycles. The third-order valence-corrected chi connectivity index (χ3v) is 3.82. The molecule has 0 aromatic heterocycles. The Bertz CT molecular complexity index is 230. The number of hydrogen-bond donors (Lipinski definition) is 2. The molecule has 0 unspecified atom stereocenters. The van der Waals surface area contributed by atoms with Gasteiger partial charge in [-0.25, -0.2) is 4.40 Å². The van der Waals surface area contributed by atoms with Gasteiger partial charge in [-0.3, -0.25) is 0 Å². The Kier molecular flexibility index (Phi) is 8.99. The van der Waals surface area contributed by atoms with Crippen LogP contribution in [0, 0.1) is 11.3 Å². The molecule has 1 aliphatic heterocycles. The van der Waals surface area contributed by atoms with E-state index in [4.69, 9.17) is 5.26 Å². The van der Waals surface area contributed by atoms with E-state index < -0.39 is 8.28 Å². The van der Waals surface area contributed by atoms with E-state index in [0.717, 1.165) is 0 Å². The van der Waals surface area contributed by atoms with Crippen molar-refractivity contribution >= 4 is 96.9 Å². The molecular weight excluding hydrogens is 218 g/mol. The number of rotatable bonds is 0. The first-order chi connectivity index (χ1) is 4.17. The Labute approximate surface area is 122 Å². The standard InChI is InChI=1S/C4H4N2S3.2Na.2H/c5-3-4-1-2-6-9(4,7)8;;;;/h1-2,7-8H;;;;. The van der Waals surface area contributed by atoms with Gasteiger partial charge in [0.25, 0.3) is 0 Å². The number of allylic oxidation sites excluding steroid dienone is 2. The molecule has 7 heteroatoms. The predicted octanol–water partition coefficient (Wildman–Crippen LogP) is 0.590. The van der Waals surface area contributed by atoms with Crippen molar-refractivity contribution in [3.05, 3.63) is 11.0 Å². The first-order valence-electron chi connectivity index (χ1n) is 2.11. The summed E-state index contributed by atoms with van der Waals surface area (Å²) in [6.45, 7) is 0. The Morgan fingerprint density at radius 3 is 2.18 bits per heavy atom. The van der Waals surface area contributed by atoms with Gasteiger partial charge in [0.15, 0.2) is 0 Å². The van der Waals surface area contributed by atoms with Crippen LogP contribution in [0.15, 0.2) is 15.4 Å². The molecule has 0 N–H and O–H groups in total. The van der Waals surface area contributed by atoms with Gasteiger partial charge < -0.3 is 0 Å². The first kappa shape index (κ1) is 15.4. The van der Waals surface area contributed by atoms with Gasteiger partial charge in [0.2, 0.25) is 0 Å². The monoisotopic (exact) mass is 224 g/mol. The van der Waals surface area contributed by atoms with Crippen LogP contribution in [0.2, 0.25) is 0 Å². The molecule has 0 fully saturated rings. The second kappa shape index (κ2) is 6.41. The maximum absolute atomic E-state index is 8.43. The second-order valence-electron chi connectivity index (χ2n) is 1.42. The molecule has 2 nitrogen and oxygen atoms in total. The van der Waals surface area contributed by atoms with E-state index in [0.29, 0.717) is 4.91 Å². The van der Waals surface area contributed by atoms with E-state index in [1.807, 2.05) is 6.07 Å². The molecule has 11 heavy (non-hydrogen) atoms. The van der Waals surface area contributed by atoms with Gasteiger partial charge >= 0.3 is 59.1 Å². The molecule has 0 radical (unpaired) electrons. The van der Waals surface area contributed by atoms with Crippen molar-refractivity contribution in [3.63, 3.8) is 0 Å². The van der Waals surface area contributed by atoms with Crippen LogP contribution in [0.4, 0.5) is 0 Å². The van der Waals surface area contributed by atoms with Gasteiger partial charge in [-0.2, -0.15) is 5.26 Å². The summed E-state index contributed by atoms with van der Waals surface area (Å²) in [7, 11) is -1.68. The molecule has 0 saturated carbocycles. The summed E-state index contributed by atoms with van der Waals surface area (Å²) < 4.78 is 3.89. The number of nitrogens with zero attached hydrogens (tertiary/aromatic N) is 2. The molecule has 0 bridgehead atoms. The van der Waals surface area contributed by atoms with Gasteiger partial charge in [-0.05, 0) is 14.4 Å². The average molecular weight is 224 g/mol. The van der Waals surface area contributed by atoms with Crippen molar-refractivity contribution in [3.8, 4) is 6.07 Å². The SMILES string of the molecule is N#CC1=CC=NS1(S)S.[NaH].[NaH]. The van der Waals surface area contributed by atoms with Crippen LogP contribution in [0.3, 0.4) is 0 Å². The van der Waals surface area contributed by atoms with Gasteiger partial charge in [0.05, 0.1) is 0 Å². The van der Waals surface area contributed by atoms with Crippen LogP contribution in [0.25, 0.3) is 0 Å². The molecule has 52 valence electrons. The van der Waals surface area contributed by atoms with E-state index >= 15 is 0 Å². The minimum absolute atomic E-state index is 0. The summed E-state index contributed by atoms with van der Waals surface area (Å²) in [6, 6.07) is 1.97. The molecule has 1 aliphatic rings. The molecule has 0 amide bonds. The van der Waals surface area contributed by atoms with Crippen LogP contribution in [0.5, 0.6) is 0 Å². The van der Waals surface area contributed by atoms with Gasteiger partial charge in [0.1, 0.15) is 11.0 Å². The van der Waals surface area contributed by atoms with Gasteiger partial charge in [0, 0.05) is 6.21 Å². The van der Waals surface area contributed by atoms with Gasteiger partial charge in [-0.1, -0.05) is 23.3 Å². The van der Waals surface area contributed by atoms with Crippen LogP contribution in [-0.2, 0) is 0 Å². The zero-order chi connectivity index (χ0) is 6.91. The van der Waals surface area contributed by atoms with Crippen molar-refractivity contribution in [2.24, 2.45) is 4.40 Å². The third-order valence-electron chi connectivity index (χ3n) is 0.839. The Morgan fingerprint density at radius 1 is 1.45 bits per heavy atom. The number of hydrogen-bond acceptors (Lipinski definition) is 4. The van der Waals surface area contributed by atoms with Crippen LogP contribution in [0.1, 0.15) is 0 Å². The summed E-state index contributed by atoms with van der Waals surface area (Å²) in [5, 5.41) is 8.43. The molecule has 1 heterocycles. The first-order valence-corrected chi connectivity index (χ1v) is 5.80. The molecule has 0 aromatic rings. The zero-order valence-corrected chi connectivity index (χ0v) is 6.96.